The summed E-state index contributed by atoms with van der Waals surface area (Å²) >= 11 is 0. The Labute approximate surface area is 123 Å². The fourth-order valence-corrected chi connectivity index (χ4v) is 4.08. The van der Waals surface area contributed by atoms with Gasteiger partial charge in [0.05, 0.1) is 10.5 Å². The number of hydrogen-bond acceptors (Lipinski definition) is 5. The van der Waals surface area contributed by atoms with Crippen molar-refractivity contribution < 1.29 is 18.4 Å². The summed E-state index contributed by atoms with van der Waals surface area (Å²) in [5.41, 5.74) is -1.32. The van der Waals surface area contributed by atoms with Crippen molar-refractivity contribution in [1.82, 2.24) is 4.31 Å². The van der Waals surface area contributed by atoms with Crippen LogP contribution in [0.25, 0.3) is 0 Å². The molecule has 0 bridgehead atoms. The Hall–Kier alpha value is -1.51. The summed E-state index contributed by atoms with van der Waals surface area (Å²) in [7, 11) is -3.93. The van der Waals surface area contributed by atoms with Crippen molar-refractivity contribution in [3.63, 3.8) is 0 Å². The summed E-state index contributed by atoms with van der Waals surface area (Å²) in [5.74, 6) is 0. The van der Waals surface area contributed by atoms with E-state index in [2.05, 4.69) is 0 Å². The smallest absolute Gasteiger partial charge is 0.289 e. The molecule has 0 radical (unpaired) electrons. The zero-order chi connectivity index (χ0) is 15.7. The topological polar surface area (TPSA) is 101 Å². The van der Waals surface area contributed by atoms with Gasteiger partial charge in [-0.05, 0) is 32.3 Å². The van der Waals surface area contributed by atoms with Gasteiger partial charge in [0, 0.05) is 19.2 Å². The standard InChI is InChI=1S/C13H18N2O5S/c1-13(16)7-4-9-14(10-8-13)21(19,20)12-6-3-2-5-11(12)15(17)18/h2-3,5-6,16H,4,7-10H2,1H3. The molecule has 0 aromatic heterocycles. The molecule has 0 aliphatic carbocycles. The van der Waals surface area contributed by atoms with Crippen LogP contribution in [0, 0.1) is 10.1 Å². The predicted molar refractivity (Wildman–Crippen MR) is 76.3 cm³/mol. The summed E-state index contributed by atoms with van der Waals surface area (Å²) < 4.78 is 26.5. The SMILES string of the molecule is CC1(O)CCCN(S(=O)(=O)c2ccccc2[N+](=O)[O-])CC1. The van der Waals surface area contributed by atoms with Crippen LogP contribution in [0.3, 0.4) is 0 Å². The van der Waals surface area contributed by atoms with Gasteiger partial charge < -0.3 is 5.11 Å². The molecular weight excluding hydrogens is 296 g/mol. The van der Waals surface area contributed by atoms with Crippen molar-refractivity contribution in [1.29, 1.82) is 0 Å². The average Bonchev–Trinajstić information content (AvgIpc) is 2.60. The number of hydrogen-bond donors (Lipinski definition) is 1. The van der Waals surface area contributed by atoms with Gasteiger partial charge in [-0.2, -0.15) is 4.31 Å². The second kappa shape index (κ2) is 5.70. The van der Waals surface area contributed by atoms with Gasteiger partial charge in [-0.15, -0.1) is 0 Å². The molecule has 1 unspecified atom stereocenters. The second-order valence-corrected chi connectivity index (χ2v) is 7.39. The molecule has 1 saturated heterocycles. The van der Waals surface area contributed by atoms with Crippen LogP contribution in [0.15, 0.2) is 29.2 Å². The molecule has 0 spiro atoms. The minimum Gasteiger partial charge on any atom is -0.390 e. The first-order valence-electron chi connectivity index (χ1n) is 6.70. The van der Waals surface area contributed by atoms with E-state index in [4.69, 9.17) is 0 Å². The summed E-state index contributed by atoms with van der Waals surface area (Å²) in [5, 5.41) is 21.0. The highest BCUT2D eigenvalue weighted by Crippen LogP contribution is 2.29. The van der Waals surface area contributed by atoms with Crippen molar-refractivity contribution in [2.24, 2.45) is 0 Å². The predicted octanol–water partition coefficient (Wildman–Crippen LogP) is 1.52. The molecule has 2 rings (SSSR count). The molecule has 116 valence electrons. The van der Waals surface area contributed by atoms with Crippen LogP contribution < -0.4 is 0 Å². The quantitative estimate of drug-likeness (QED) is 0.673. The fourth-order valence-electron chi connectivity index (χ4n) is 2.44. The molecule has 1 atom stereocenters. The van der Waals surface area contributed by atoms with E-state index in [1.54, 1.807) is 6.92 Å². The molecule has 1 fully saturated rings. The van der Waals surface area contributed by atoms with E-state index in [0.29, 0.717) is 19.3 Å². The lowest BCUT2D eigenvalue weighted by molar-refractivity contribution is -0.387. The van der Waals surface area contributed by atoms with Gasteiger partial charge in [-0.1, -0.05) is 12.1 Å². The Morgan fingerprint density at radius 2 is 1.95 bits per heavy atom. The lowest BCUT2D eigenvalue weighted by atomic mass is 9.98. The zero-order valence-electron chi connectivity index (χ0n) is 11.7. The summed E-state index contributed by atoms with van der Waals surface area (Å²) in [4.78, 5) is 10.0. The van der Waals surface area contributed by atoms with E-state index in [1.165, 1.54) is 28.6 Å². The minimum atomic E-state index is -3.93. The van der Waals surface area contributed by atoms with Gasteiger partial charge in [0.15, 0.2) is 4.90 Å². The van der Waals surface area contributed by atoms with E-state index >= 15 is 0 Å². The third kappa shape index (κ3) is 3.39. The van der Waals surface area contributed by atoms with Gasteiger partial charge in [-0.25, -0.2) is 8.42 Å². The number of para-hydroxylation sites is 1. The molecule has 1 aromatic rings. The molecule has 0 saturated carbocycles. The molecular formula is C13H18N2O5S. The van der Waals surface area contributed by atoms with Crippen LogP contribution in [-0.4, -0.2) is 41.4 Å². The van der Waals surface area contributed by atoms with E-state index in [-0.39, 0.29) is 18.0 Å². The van der Waals surface area contributed by atoms with Crippen LogP contribution >= 0.6 is 0 Å². The zero-order valence-corrected chi connectivity index (χ0v) is 12.5. The highest BCUT2D eigenvalue weighted by atomic mass is 32.2. The molecule has 0 amide bonds. The maximum Gasteiger partial charge on any atom is 0.289 e. The number of sulfonamides is 1. The van der Waals surface area contributed by atoms with Crippen molar-refractivity contribution in [3.05, 3.63) is 34.4 Å². The lowest BCUT2D eigenvalue weighted by Gasteiger charge is -2.22. The fraction of sp³-hybridized carbons (Fsp3) is 0.538. The van der Waals surface area contributed by atoms with Gasteiger partial charge in [0.1, 0.15) is 0 Å². The molecule has 1 N–H and O–H groups in total. The first-order valence-corrected chi connectivity index (χ1v) is 8.14. The minimum absolute atomic E-state index is 0.154. The van der Waals surface area contributed by atoms with Gasteiger partial charge in [-0.3, -0.25) is 10.1 Å². The number of nitro groups is 1. The van der Waals surface area contributed by atoms with Crippen molar-refractivity contribution in [3.8, 4) is 0 Å². The van der Waals surface area contributed by atoms with E-state index in [1.807, 2.05) is 0 Å². The van der Waals surface area contributed by atoms with Crippen molar-refractivity contribution >= 4 is 15.7 Å². The maximum atomic E-state index is 12.6. The number of benzene rings is 1. The van der Waals surface area contributed by atoms with Crippen LogP contribution in [0.2, 0.25) is 0 Å². The van der Waals surface area contributed by atoms with E-state index in [9.17, 15) is 23.6 Å². The van der Waals surface area contributed by atoms with E-state index in [0.717, 1.165) is 0 Å². The highest BCUT2D eigenvalue weighted by Gasteiger charge is 2.34. The lowest BCUT2D eigenvalue weighted by Crippen LogP contribution is -2.33. The van der Waals surface area contributed by atoms with Crippen LogP contribution in [-0.2, 0) is 10.0 Å². The van der Waals surface area contributed by atoms with Gasteiger partial charge in [0.2, 0.25) is 10.0 Å². The van der Waals surface area contributed by atoms with Crippen molar-refractivity contribution in [2.45, 2.75) is 36.7 Å². The summed E-state index contributed by atoms with van der Waals surface area (Å²) in [6.45, 7) is 2.08. The van der Waals surface area contributed by atoms with Crippen LogP contribution in [0.1, 0.15) is 26.2 Å². The first kappa shape index (κ1) is 15.9. The molecule has 7 nitrogen and oxygen atoms in total. The largest absolute Gasteiger partial charge is 0.390 e. The van der Waals surface area contributed by atoms with Crippen molar-refractivity contribution in [2.75, 3.05) is 13.1 Å². The third-order valence-electron chi connectivity index (χ3n) is 3.70. The Balaban J connectivity index is 2.37. The molecule has 8 heteroatoms. The second-order valence-electron chi connectivity index (χ2n) is 5.48. The van der Waals surface area contributed by atoms with Gasteiger partial charge >= 0.3 is 0 Å². The van der Waals surface area contributed by atoms with Gasteiger partial charge in [0.25, 0.3) is 5.69 Å². The van der Waals surface area contributed by atoms with Crippen LogP contribution in [0.4, 0.5) is 5.69 Å². The molecule has 1 aliphatic heterocycles. The number of rotatable bonds is 3. The Bertz CT molecular complexity index is 642. The molecule has 1 heterocycles. The molecule has 21 heavy (non-hydrogen) atoms. The highest BCUT2D eigenvalue weighted by molar-refractivity contribution is 7.89. The summed E-state index contributed by atoms with van der Waals surface area (Å²) in [6, 6.07) is 5.33. The Kier molecular flexibility index (Phi) is 4.31. The Morgan fingerprint density at radius 3 is 2.62 bits per heavy atom. The van der Waals surface area contributed by atoms with Crippen LogP contribution in [0.5, 0.6) is 0 Å². The monoisotopic (exact) mass is 314 g/mol. The average molecular weight is 314 g/mol. The summed E-state index contributed by atoms with van der Waals surface area (Å²) in [6.07, 6.45) is 1.34. The molecule has 1 aromatic carbocycles. The maximum absolute atomic E-state index is 12.6. The third-order valence-corrected chi connectivity index (χ3v) is 5.65. The normalized spacial score (nSPS) is 24.5. The number of nitro benzene ring substituents is 1. The van der Waals surface area contributed by atoms with E-state index < -0.39 is 26.2 Å². The molecule has 1 aliphatic rings. The Morgan fingerprint density at radius 1 is 1.29 bits per heavy atom. The number of nitrogens with zero attached hydrogens (tertiary/aromatic N) is 2. The number of aliphatic hydroxyl groups is 1. The first-order chi connectivity index (χ1) is 9.74.